The first kappa shape index (κ1) is 13.4. The number of rotatable bonds is 7. The lowest BCUT2D eigenvalue weighted by Crippen LogP contribution is -2.29. The van der Waals surface area contributed by atoms with Gasteiger partial charge in [0.15, 0.2) is 0 Å². The number of benzene rings is 1. The smallest absolute Gasteiger partial charge is 0.0414 e. The summed E-state index contributed by atoms with van der Waals surface area (Å²) in [5.41, 5.74) is 2.88. The summed E-state index contributed by atoms with van der Waals surface area (Å²) in [5.74, 6) is 0. The van der Waals surface area contributed by atoms with Gasteiger partial charge in [0.25, 0.3) is 0 Å². The molecule has 0 atom stereocenters. The van der Waals surface area contributed by atoms with Gasteiger partial charge in [-0.05, 0) is 30.9 Å². The highest BCUT2D eigenvalue weighted by Crippen LogP contribution is 2.33. The molecule has 0 unspecified atom stereocenters. The molecule has 0 heterocycles. The van der Waals surface area contributed by atoms with Gasteiger partial charge < -0.3 is 10.2 Å². The first-order chi connectivity index (χ1) is 8.72. The largest absolute Gasteiger partial charge is 0.368 e. The summed E-state index contributed by atoms with van der Waals surface area (Å²) < 4.78 is 0. The van der Waals surface area contributed by atoms with Crippen LogP contribution in [0.25, 0.3) is 0 Å². The minimum atomic E-state index is 0.540. The Bertz CT molecular complexity index is 369. The van der Waals surface area contributed by atoms with Crippen molar-refractivity contribution in [1.29, 1.82) is 0 Å². The summed E-state index contributed by atoms with van der Waals surface area (Å²) in [7, 11) is 0. The maximum Gasteiger partial charge on any atom is 0.0414 e. The fourth-order valence-electron chi connectivity index (χ4n) is 2.38. The zero-order valence-corrected chi connectivity index (χ0v) is 11.9. The first-order valence-electron chi connectivity index (χ1n) is 7.30. The van der Waals surface area contributed by atoms with Crippen molar-refractivity contribution < 1.29 is 0 Å². The standard InChI is InChI=1S/C16H26N2/c1-4-11-18(15-9-10-15)16-8-6-5-7-14(16)12-17-13(2)3/h5-8,13,15,17H,4,9-12H2,1-3H3. The van der Waals surface area contributed by atoms with Crippen molar-refractivity contribution in [2.24, 2.45) is 0 Å². The maximum atomic E-state index is 3.53. The summed E-state index contributed by atoms with van der Waals surface area (Å²) in [6, 6.07) is 10.2. The number of hydrogen-bond donors (Lipinski definition) is 1. The van der Waals surface area contributed by atoms with E-state index in [9.17, 15) is 0 Å². The monoisotopic (exact) mass is 246 g/mol. The Labute approximate surface area is 111 Å². The molecule has 0 saturated heterocycles. The summed E-state index contributed by atoms with van der Waals surface area (Å²) in [6.45, 7) is 8.83. The van der Waals surface area contributed by atoms with Crippen LogP contribution in [0.1, 0.15) is 45.6 Å². The predicted molar refractivity (Wildman–Crippen MR) is 79.1 cm³/mol. The van der Waals surface area contributed by atoms with Crippen molar-refractivity contribution >= 4 is 5.69 Å². The van der Waals surface area contributed by atoms with Crippen LogP contribution >= 0.6 is 0 Å². The van der Waals surface area contributed by atoms with Gasteiger partial charge in [-0.3, -0.25) is 0 Å². The molecule has 1 aliphatic carbocycles. The second kappa shape index (κ2) is 6.24. The summed E-state index contributed by atoms with van der Waals surface area (Å²) in [6.07, 6.45) is 3.96. The van der Waals surface area contributed by atoms with Gasteiger partial charge in [-0.15, -0.1) is 0 Å². The average Bonchev–Trinajstić information content (AvgIpc) is 3.18. The molecule has 1 fully saturated rings. The number of nitrogens with zero attached hydrogens (tertiary/aromatic N) is 1. The fraction of sp³-hybridized carbons (Fsp3) is 0.625. The van der Waals surface area contributed by atoms with E-state index < -0.39 is 0 Å². The Morgan fingerprint density at radius 3 is 2.61 bits per heavy atom. The fourth-order valence-corrected chi connectivity index (χ4v) is 2.38. The molecule has 18 heavy (non-hydrogen) atoms. The van der Waals surface area contributed by atoms with E-state index in [1.165, 1.54) is 37.1 Å². The zero-order valence-electron chi connectivity index (χ0n) is 11.9. The molecular weight excluding hydrogens is 220 g/mol. The van der Waals surface area contributed by atoms with Crippen LogP contribution in [0.15, 0.2) is 24.3 Å². The Morgan fingerprint density at radius 1 is 1.28 bits per heavy atom. The molecule has 0 aromatic heterocycles. The van der Waals surface area contributed by atoms with E-state index in [0.29, 0.717) is 6.04 Å². The van der Waals surface area contributed by atoms with Crippen LogP contribution < -0.4 is 10.2 Å². The van der Waals surface area contributed by atoms with E-state index in [1.54, 1.807) is 0 Å². The van der Waals surface area contributed by atoms with Crippen molar-refractivity contribution in [3.8, 4) is 0 Å². The van der Waals surface area contributed by atoms with E-state index in [0.717, 1.165) is 12.6 Å². The molecule has 1 aliphatic rings. The Balaban J connectivity index is 2.13. The van der Waals surface area contributed by atoms with Crippen molar-refractivity contribution in [3.63, 3.8) is 0 Å². The van der Waals surface area contributed by atoms with Crippen LogP contribution in [0, 0.1) is 0 Å². The van der Waals surface area contributed by atoms with Crippen molar-refractivity contribution in [1.82, 2.24) is 5.32 Å². The lowest BCUT2D eigenvalue weighted by molar-refractivity contribution is 0.587. The average molecular weight is 246 g/mol. The molecule has 2 nitrogen and oxygen atoms in total. The van der Waals surface area contributed by atoms with Crippen LogP contribution in [-0.4, -0.2) is 18.6 Å². The molecule has 0 bridgehead atoms. The third-order valence-electron chi connectivity index (χ3n) is 3.45. The highest BCUT2D eigenvalue weighted by molar-refractivity contribution is 5.55. The summed E-state index contributed by atoms with van der Waals surface area (Å²) >= 11 is 0. The summed E-state index contributed by atoms with van der Waals surface area (Å²) in [4.78, 5) is 2.61. The van der Waals surface area contributed by atoms with Gasteiger partial charge in [0, 0.05) is 30.9 Å². The van der Waals surface area contributed by atoms with Gasteiger partial charge in [0.1, 0.15) is 0 Å². The van der Waals surface area contributed by atoms with Crippen LogP contribution in [0.3, 0.4) is 0 Å². The zero-order chi connectivity index (χ0) is 13.0. The molecule has 0 spiro atoms. The van der Waals surface area contributed by atoms with Gasteiger partial charge >= 0.3 is 0 Å². The molecule has 1 N–H and O–H groups in total. The second-order valence-electron chi connectivity index (χ2n) is 5.59. The number of anilines is 1. The molecule has 0 amide bonds. The minimum absolute atomic E-state index is 0.540. The summed E-state index contributed by atoms with van der Waals surface area (Å²) in [5, 5.41) is 3.53. The van der Waals surface area contributed by atoms with Gasteiger partial charge in [-0.1, -0.05) is 39.0 Å². The van der Waals surface area contributed by atoms with E-state index in [1.807, 2.05) is 0 Å². The Morgan fingerprint density at radius 2 is 2.00 bits per heavy atom. The Hall–Kier alpha value is -1.02. The third kappa shape index (κ3) is 3.49. The van der Waals surface area contributed by atoms with Gasteiger partial charge in [0.05, 0.1) is 0 Å². The lowest BCUT2D eigenvalue weighted by Gasteiger charge is -2.27. The van der Waals surface area contributed by atoms with Crippen LogP contribution in [0.4, 0.5) is 5.69 Å². The molecule has 1 aromatic rings. The molecule has 2 heteroatoms. The molecule has 100 valence electrons. The van der Waals surface area contributed by atoms with E-state index >= 15 is 0 Å². The van der Waals surface area contributed by atoms with Crippen LogP contribution in [-0.2, 0) is 6.54 Å². The SMILES string of the molecule is CCCN(c1ccccc1CNC(C)C)C1CC1. The number of nitrogens with one attached hydrogen (secondary N) is 1. The number of hydrogen-bond acceptors (Lipinski definition) is 2. The molecule has 0 radical (unpaired) electrons. The highest BCUT2D eigenvalue weighted by atomic mass is 15.2. The van der Waals surface area contributed by atoms with Crippen molar-refractivity contribution in [3.05, 3.63) is 29.8 Å². The van der Waals surface area contributed by atoms with Crippen molar-refractivity contribution in [2.75, 3.05) is 11.4 Å². The van der Waals surface area contributed by atoms with Crippen LogP contribution in [0.5, 0.6) is 0 Å². The van der Waals surface area contributed by atoms with E-state index in [2.05, 4.69) is 55.3 Å². The topological polar surface area (TPSA) is 15.3 Å². The van der Waals surface area contributed by atoms with Crippen LogP contribution in [0.2, 0.25) is 0 Å². The maximum absolute atomic E-state index is 3.53. The number of para-hydroxylation sites is 1. The van der Waals surface area contributed by atoms with Gasteiger partial charge in [-0.25, -0.2) is 0 Å². The Kier molecular flexibility index (Phi) is 4.65. The lowest BCUT2D eigenvalue weighted by atomic mass is 10.1. The van der Waals surface area contributed by atoms with E-state index in [4.69, 9.17) is 0 Å². The predicted octanol–water partition coefficient (Wildman–Crippen LogP) is 3.56. The molecule has 0 aliphatic heterocycles. The molecule has 1 aromatic carbocycles. The van der Waals surface area contributed by atoms with Gasteiger partial charge in [0.2, 0.25) is 0 Å². The van der Waals surface area contributed by atoms with E-state index in [-0.39, 0.29) is 0 Å². The minimum Gasteiger partial charge on any atom is -0.368 e. The molecular formula is C16H26N2. The van der Waals surface area contributed by atoms with Crippen molar-refractivity contribution in [2.45, 2.75) is 58.7 Å². The third-order valence-corrected chi connectivity index (χ3v) is 3.45. The first-order valence-corrected chi connectivity index (χ1v) is 7.30. The quantitative estimate of drug-likeness (QED) is 0.791. The molecule has 2 rings (SSSR count). The molecule has 1 saturated carbocycles. The van der Waals surface area contributed by atoms with Gasteiger partial charge in [-0.2, -0.15) is 0 Å². The second-order valence-corrected chi connectivity index (χ2v) is 5.59. The highest BCUT2D eigenvalue weighted by Gasteiger charge is 2.29. The normalized spacial score (nSPS) is 15.1.